The molecule has 2 atom stereocenters. The molecule has 0 spiro atoms. The second-order valence-corrected chi connectivity index (χ2v) is 7.45. The lowest BCUT2D eigenvalue weighted by Gasteiger charge is -2.37. The normalized spacial score (nSPS) is 28.0. The molecule has 24 heavy (non-hydrogen) atoms. The highest BCUT2D eigenvalue weighted by Gasteiger charge is 2.31. The summed E-state index contributed by atoms with van der Waals surface area (Å²) in [5.41, 5.74) is 0. The van der Waals surface area contributed by atoms with Gasteiger partial charge in [-0.15, -0.1) is 0 Å². The Morgan fingerprint density at radius 2 is 2.00 bits per heavy atom. The Hall–Kier alpha value is -1.59. The minimum atomic E-state index is 0.462. The molecule has 0 bridgehead atoms. The van der Waals surface area contributed by atoms with Gasteiger partial charge < -0.3 is 14.7 Å². The topological polar surface area (TPSA) is 58.3 Å². The second kappa shape index (κ2) is 7.53. The minimum absolute atomic E-state index is 0.462. The van der Waals surface area contributed by atoms with Crippen LogP contribution in [0.5, 0.6) is 0 Å². The predicted octanol–water partition coefficient (Wildman–Crippen LogP) is 1.92. The van der Waals surface area contributed by atoms with E-state index in [4.69, 9.17) is 10.4 Å². The molecule has 0 aromatic heterocycles. The summed E-state index contributed by atoms with van der Waals surface area (Å²) in [6.07, 6.45) is 5.82. The average molecular weight is 332 g/mol. The molecule has 3 aliphatic heterocycles. The van der Waals surface area contributed by atoms with Crippen LogP contribution in [0, 0.1) is 11.3 Å². The van der Waals surface area contributed by atoms with Gasteiger partial charge in [0.15, 0.2) is 0 Å². The lowest BCUT2D eigenvalue weighted by molar-refractivity contribution is 0.255. The molecule has 0 saturated carbocycles. The maximum absolute atomic E-state index is 7.86. The summed E-state index contributed by atoms with van der Waals surface area (Å²) < 4.78 is 0. The first-order valence-corrected chi connectivity index (χ1v) is 9.35. The van der Waals surface area contributed by atoms with Crippen molar-refractivity contribution in [1.82, 2.24) is 14.7 Å². The summed E-state index contributed by atoms with van der Waals surface area (Å²) in [4.78, 5) is 16.4. The fraction of sp³-hybridized carbons (Fsp3) is 0.833. The minimum Gasteiger partial charge on any atom is -0.361 e. The molecule has 3 heterocycles. The molecule has 0 aromatic rings. The molecule has 3 rings (SSSR count). The molecule has 134 valence electrons. The number of likely N-dealkylation sites (N-methyl/N-ethyl adjacent to an activating group) is 1. The van der Waals surface area contributed by atoms with Crippen LogP contribution in [-0.2, 0) is 0 Å². The van der Waals surface area contributed by atoms with E-state index in [-0.39, 0.29) is 0 Å². The summed E-state index contributed by atoms with van der Waals surface area (Å²) in [7, 11) is 4.11. The molecule has 2 fully saturated rings. The van der Waals surface area contributed by atoms with Gasteiger partial charge in [0, 0.05) is 53.1 Å². The van der Waals surface area contributed by atoms with Gasteiger partial charge in [-0.1, -0.05) is 0 Å². The zero-order valence-corrected chi connectivity index (χ0v) is 15.5. The predicted molar refractivity (Wildman–Crippen MR) is 100 cm³/mol. The highest BCUT2D eigenvalue weighted by Crippen LogP contribution is 2.24. The Morgan fingerprint density at radius 1 is 1.25 bits per heavy atom. The maximum atomic E-state index is 7.86. The monoisotopic (exact) mass is 332 g/mol. The first-order chi connectivity index (χ1) is 11.6. The van der Waals surface area contributed by atoms with Crippen molar-refractivity contribution in [3.63, 3.8) is 0 Å². The van der Waals surface area contributed by atoms with E-state index in [1.165, 1.54) is 30.9 Å². The smallest absolute Gasteiger partial charge is 0.101 e. The molecular formula is C18H32N6. The Balaban J connectivity index is 1.52. The number of likely N-dealkylation sites (tertiary alicyclic amines) is 2. The fourth-order valence-electron chi connectivity index (χ4n) is 4.01. The zero-order chi connectivity index (χ0) is 17.1. The van der Waals surface area contributed by atoms with Crippen LogP contribution in [0.3, 0.4) is 0 Å². The van der Waals surface area contributed by atoms with Gasteiger partial charge in [-0.05, 0) is 32.1 Å². The lowest BCUT2D eigenvalue weighted by atomic mass is 9.94. The van der Waals surface area contributed by atoms with Crippen molar-refractivity contribution in [2.24, 2.45) is 15.9 Å². The summed E-state index contributed by atoms with van der Waals surface area (Å²) in [6.45, 7) is 7.19. The van der Waals surface area contributed by atoms with E-state index >= 15 is 0 Å². The first kappa shape index (κ1) is 17.2. The molecular weight excluding hydrogens is 300 g/mol. The van der Waals surface area contributed by atoms with Crippen molar-refractivity contribution in [1.29, 1.82) is 5.41 Å². The van der Waals surface area contributed by atoms with Crippen LogP contribution in [0.2, 0.25) is 0 Å². The largest absolute Gasteiger partial charge is 0.361 e. The van der Waals surface area contributed by atoms with Crippen molar-refractivity contribution < 1.29 is 0 Å². The van der Waals surface area contributed by atoms with Gasteiger partial charge in [-0.25, -0.2) is 0 Å². The number of amidine groups is 3. The van der Waals surface area contributed by atoms with E-state index in [1.807, 2.05) is 14.0 Å². The number of rotatable bonds is 4. The van der Waals surface area contributed by atoms with Crippen LogP contribution in [0.25, 0.3) is 0 Å². The highest BCUT2D eigenvalue weighted by molar-refractivity contribution is 5.87. The number of aliphatic imine (C=N–C) groups is 2. The average Bonchev–Trinajstić information content (AvgIpc) is 2.86. The van der Waals surface area contributed by atoms with Gasteiger partial charge in [-0.3, -0.25) is 15.4 Å². The molecule has 2 saturated heterocycles. The van der Waals surface area contributed by atoms with E-state index < -0.39 is 0 Å². The molecule has 0 amide bonds. The van der Waals surface area contributed by atoms with Gasteiger partial charge in [0.1, 0.15) is 5.84 Å². The van der Waals surface area contributed by atoms with Crippen LogP contribution in [0.1, 0.15) is 39.0 Å². The van der Waals surface area contributed by atoms with Crippen molar-refractivity contribution in [3.8, 4) is 0 Å². The van der Waals surface area contributed by atoms with E-state index in [0.29, 0.717) is 17.8 Å². The van der Waals surface area contributed by atoms with E-state index in [2.05, 4.69) is 26.7 Å². The van der Waals surface area contributed by atoms with Gasteiger partial charge in [-0.2, -0.15) is 0 Å². The summed E-state index contributed by atoms with van der Waals surface area (Å²) in [5.74, 6) is 3.85. The number of nitrogens with zero attached hydrogens (tertiary/aromatic N) is 5. The van der Waals surface area contributed by atoms with Gasteiger partial charge in [0.2, 0.25) is 0 Å². The third-order valence-corrected chi connectivity index (χ3v) is 5.80. The maximum Gasteiger partial charge on any atom is 0.101 e. The Morgan fingerprint density at radius 3 is 2.62 bits per heavy atom. The second-order valence-electron chi connectivity index (χ2n) is 7.45. The van der Waals surface area contributed by atoms with Crippen molar-refractivity contribution in [2.75, 3.05) is 46.8 Å². The summed E-state index contributed by atoms with van der Waals surface area (Å²) in [6, 6.07) is 0.462. The van der Waals surface area contributed by atoms with E-state index in [1.54, 1.807) is 0 Å². The fourth-order valence-corrected chi connectivity index (χ4v) is 4.01. The molecule has 0 aliphatic carbocycles. The van der Waals surface area contributed by atoms with Crippen LogP contribution in [0.15, 0.2) is 9.98 Å². The standard InChI is InChI=1S/C18H32N6/c1-14(19)24-7-4-6-15(13-24)10-18-21-12-16(22(18)3)11-17(20-2)23-8-5-9-23/h15-16,19H,4-13H2,1-3H3. The number of piperidine rings is 1. The number of nitrogens with one attached hydrogen (secondary N) is 1. The zero-order valence-electron chi connectivity index (χ0n) is 15.5. The third-order valence-electron chi connectivity index (χ3n) is 5.80. The van der Waals surface area contributed by atoms with Gasteiger partial charge >= 0.3 is 0 Å². The highest BCUT2D eigenvalue weighted by atomic mass is 15.3. The molecule has 3 aliphatic rings. The van der Waals surface area contributed by atoms with Crippen LogP contribution >= 0.6 is 0 Å². The van der Waals surface area contributed by atoms with Gasteiger partial charge in [0.25, 0.3) is 0 Å². The molecule has 2 unspecified atom stereocenters. The van der Waals surface area contributed by atoms with Gasteiger partial charge in [0.05, 0.1) is 24.3 Å². The Kier molecular flexibility index (Phi) is 5.41. The Labute approximate surface area is 146 Å². The molecule has 6 heteroatoms. The lowest BCUT2D eigenvalue weighted by Crippen LogP contribution is -2.46. The van der Waals surface area contributed by atoms with Crippen molar-refractivity contribution >= 4 is 17.5 Å². The first-order valence-electron chi connectivity index (χ1n) is 9.35. The molecule has 6 nitrogen and oxygen atoms in total. The quantitative estimate of drug-likeness (QED) is 0.632. The Bertz CT molecular complexity index is 522. The van der Waals surface area contributed by atoms with Crippen LogP contribution < -0.4 is 0 Å². The SMILES string of the molecule is CN=C(CC1CN=C(CC2CCCN(C(C)=N)C2)N1C)N1CCC1. The number of hydrogen-bond acceptors (Lipinski definition) is 4. The third kappa shape index (κ3) is 3.73. The van der Waals surface area contributed by atoms with E-state index in [9.17, 15) is 0 Å². The van der Waals surface area contributed by atoms with Crippen LogP contribution in [0.4, 0.5) is 0 Å². The van der Waals surface area contributed by atoms with Crippen molar-refractivity contribution in [2.45, 2.75) is 45.1 Å². The molecule has 0 aromatic carbocycles. The number of hydrogen-bond donors (Lipinski definition) is 1. The molecule has 1 N–H and O–H groups in total. The molecule has 0 radical (unpaired) electrons. The van der Waals surface area contributed by atoms with E-state index in [0.717, 1.165) is 45.6 Å². The summed E-state index contributed by atoms with van der Waals surface area (Å²) >= 11 is 0. The van der Waals surface area contributed by atoms with Crippen LogP contribution in [-0.4, -0.2) is 85.1 Å². The summed E-state index contributed by atoms with van der Waals surface area (Å²) in [5, 5.41) is 7.86. The van der Waals surface area contributed by atoms with Crippen molar-refractivity contribution in [3.05, 3.63) is 0 Å².